The van der Waals surface area contributed by atoms with Crippen LogP contribution in [-0.4, -0.2) is 26.2 Å². The summed E-state index contributed by atoms with van der Waals surface area (Å²) in [6.07, 6.45) is 0. The first-order chi connectivity index (χ1) is 10.9. The van der Waals surface area contributed by atoms with Crippen LogP contribution in [-0.2, 0) is 26.2 Å². The maximum Gasteiger partial charge on any atom is 0.118 e. The van der Waals surface area contributed by atoms with Crippen LogP contribution >= 0.6 is 0 Å². The van der Waals surface area contributed by atoms with Crippen LogP contribution in [0, 0.1) is 0 Å². The molecule has 120 valence electrons. The minimum atomic E-state index is 0.758. The van der Waals surface area contributed by atoms with Crippen molar-refractivity contribution in [2.24, 2.45) is 0 Å². The summed E-state index contributed by atoms with van der Waals surface area (Å²) in [5.74, 6) is 3.91. The quantitative estimate of drug-likeness (QED) is 0.581. The van der Waals surface area contributed by atoms with Crippen LogP contribution in [0.3, 0.4) is 0 Å². The van der Waals surface area contributed by atoms with Crippen LogP contribution in [0.15, 0.2) is 33.1 Å². The van der Waals surface area contributed by atoms with E-state index in [0.29, 0.717) is 0 Å². The van der Waals surface area contributed by atoms with Crippen molar-refractivity contribution in [3.63, 3.8) is 0 Å². The van der Waals surface area contributed by atoms with Crippen LogP contribution in [0.1, 0.15) is 23.0 Å². The molecule has 4 bridgehead atoms. The smallest absolute Gasteiger partial charge is 0.118 e. The number of rotatable bonds is 0. The minimum Gasteiger partial charge on any atom is -0.463 e. The molecule has 0 amide bonds. The highest BCUT2D eigenvalue weighted by Crippen LogP contribution is 2.08. The summed E-state index contributed by atoms with van der Waals surface area (Å²) in [5, 5.41) is 13.5. The zero-order chi connectivity index (χ0) is 15.0. The fraction of sp³-hybridized carbons (Fsp3) is 0.500. The zero-order valence-electron chi connectivity index (χ0n) is 12.8. The van der Waals surface area contributed by atoms with Crippen molar-refractivity contribution in [3.8, 4) is 0 Å². The number of furan rings is 2. The van der Waals surface area contributed by atoms with Crippen LogP contribution in [0.5, 0.6) is 0 Å². The lowest BCUT2D eigenvalue weighted by Crippen LogP contribution is -2.27. The second-order valence-corrected chi connectivity index (χ2v) is 5.44. The van der Waals surface area contributed by atoms with Crippen LogP contribution < -0.4 is 21.3 Å². The van der Waals surface area contributed by atoms with Crippen LogP contribution in [0.2, 0.25) is 0 Å². The third kappa shape index (κ3) is 4.71. The van der Waals surface area contributed by atoms with Gasteiger partial charge >= 0.3 is 0 Å². The molecule has 1 aliphatic rings. The molecule has 0 fully saturated rings. The second kappa shape index (κ2) is 8.14. The van der Waals surface area contributed by atoms with E-state index in [-0.39, 0.29) is 0 Å². The molecule has 1 aliphatic heterocycles. The van der Waals surface area contributed by atoms with Crippen molar-refractivity contribution >= 4 is 0 Å². The monoisotopic (exact) mass is 304 g/mol. The van der Waals surface area contributed by atoms with E-state index in [0.717, 1.165) is 75.4 Å². The van der Waals surface area contributed by atoms with Gasteiger partial charge in [0.2, 0.25) is 0 Å². The standard InChI is InChI=1S/C16H24N4O2/c1-2-14-10-18-7-8-20-12-16-4-3-15(22-16)11-19-6-5-17-9-13(1)21-14/h1-4,17-20H,5-12H2. The molecule has 22 heavy (non-hydrogen) atoms. The zero-order valence-corrected chi connectivity index (χ0v) is 12.8. The molecule has 0 saturated carbocycles. The number of hydrogen-bond acceptors (Lipinski definition) is 6. The summed E-state index contributed by atoms with van der Waals surface area (Å²) >= 11 is 0. The van der Waals surface area contributed by atoms with Gasteiger partial charge in [0.25, 0.3) is 0 Å². The van der Waals surface area contributed by atoms with Gasteiger partial charge in [-0.2, -0.15) is 0 Å². The summed E-state index contributed by atoms with van der Waals surface area (Å²) in [4.78, 5) is 0. The first kappa shape index (κ1) is 15.3. The van der Waals surface area contributed by atoms with E-state index in [1.807, 2.05) is 24.3 Å². The van der Waals surface area contributed by atoms with Crippen LogP contribution in [0.4, 0.5) is 0 Å². The van der Waals surface area contributed by atoms with Gasteiger partial charge in [0.1, 0.15) is 23.0 Å². The average molecular weight is 304 g/mol. The molecule has 0 unspecified atom stereocenters. The van der Waals surface area contributed by atoms with Gasteiger partial charge < -0.3 is 30.1 Å². The van der Waals surface area contributed by atoms with E-state index >= 15 is 0 Å². The second-order valence-electron chi connectivity index (χ2n) is 5.44. The van der Waals surface area contributed by atoms with Gasteiger partial charge in [-0.25, -0.2) is 0 Å². The minimum absolute atomic E-state index is 0.758. The average Bonchev–Trinajstić information content (AvgIpc) is 3.15. The topological polar surface area (TPSA) is 74.4 Å². The van der Waals surface area contributed by atoms with Gasteiger partial charge in [-0.05, 0) is 24.3 Å². The molecule has 3 heterocycles. The molecule has 3 rings (SSSR count). The first-order valence-corrected chi connectivity index (χ1v) is 7.88. The van der Waals surface area contributed by atoms with Crippen molar-refractivity contribution in [1.82, 2.24) is 21.3 Å². The summed E-state index contributed by atoms with van der Waals surface area (Å²) in [7, 11) is 0. The molecule has 0 aromatic carbocycles. The molecule has 0 spiro atoms. The Bertz CT molecular complexity index is 469. The molecule has 2 aromatic heterocycles. The lowest BCUT2D eigenvalue weighted by molar-refractivity contribution is 0.414. The van der Waals surface area contributed by atoms with Crippen molar-refractivity contribution < 1.29 is 8.83 Å². The number of fused-ring (bicyclic) bond motifs is 4. The van der Waals surface area contributed by atoms with E-state index in [1.165, 1.54) is 0 Å². The summed E-state index contributed by atoms with van der Waals surface area (Å²) in [6, 6.07) is 8.14. The Hall–Kier alpha value is -1.60. The van der Waals surface area contributed by atoms with Crippen LogP contribution in [0.25, 0.3) is 0 Å². The van der Waals surface area contributed by atoms with Crippen molar-refractivity contribution in [1.29, 1.82) is 0 Å². The Labute approximate surface area is 130 Å². The van der Waals surface area contributed by atoms with Gasteiger partial charge in [-0.3, -0.25) is 0 Å². The molecule has 4 N–H and O–H groups in total. The molecule has 6 nitrogen and oxygen atoms in total. The Morgan fingerprint density at radius 1 is 0.500 bits per heavy atom. The van der Waals surface area contributed by atoms with E-state index in [1.54, 1.807) is 0 Å². The van der Waals surface area contributed by atoms with Crippen molar-refractivity contribution in [3.05, 3.63) is 47.3 Å². The first-order valence-electron chi connectivity index (χ1n) is 7.88. The van der Waals surface area contributed by atoms with Crippen molar-refractivity contribution in [2.75, 3.05) is 26.2 Å². The predicted octanol–water partition coefficient (Wildman–Crippen LogP) is 0.945. The summed E-state index contributed by atoms with van der Waals surface area (Å²) in [5.41, 5.74) is 0. The molecule has 2 aromatic rings. The molecule has 0 radical (unpaired) electrons. The molecular formula is C16H24N4O2. The number of hydrogen-bond donors (Lipinski definition) is 4. The Morgan fingerprint density at radius 3 is 1.05 bits per heavy atom. The highest BCUT2D eigenvalue weighted by Gasteiger charge is 2.04. The molecule has 0 saturated heterocycles. The fourth-order valence-corrected chi connectivity index (χ4v) is 2.42. The molecule has 6 heteroatoms. The fourth-order valence-electron chi connectivity index (χ4n) is 2.42. The Balaban J connectivity index is 1.53. The predicted molar refractivity (Wildman–Crippen MR) is 84.2 cm³/mol. The van der Waals surface area contributed by atoms with Gasteiger partial charge in [0.05, 0.1) is 26.2 Å². The highest BCUT2D eigenvalue weighted by molar-refractivity contribution is 5.08. The van der Waals surface area contributed by atoms with E-state index < -0.39 is 0 Å². The normalized spacial score (nSPS) is 18.5. The van der Waals surface area contributed by atoms with Crippen molar-refractivity contribution in [2.45, 2.75) is 26.2 Å². The largest absolute Gasteiger partial charge is 0.463 e. The van der Waals surface area contributed by atoms with E-state index in [2.05, 4.69) is 21.3 Å². The Morgan fingerprint density at radius 2 is 0.773 bits per heavy atom. The van der Waals surface area contributed by atoms with E-state index in [9.17, 15) is 0 Å². The lowest BCUT2D eigenvalue weighted by atomic mass is 10.4. The molecule has 0 aliphatic carbocycles. The van der Waals surface area contributed by atoms with E-state index in [4.69, 9.17) is 8.83 Å². The van der Waals surface area contributed by atoms with Gasteiger partial charge in [-0.1, -0.05) is 0 Å². The summed E-state index contributed by atoms with van der Waals surface area (Å²) < 4.78 is 11.5. The van der Waals surface area contributed by atoms with Gasteiger partial charge in [0, 0.05) is 26.2 Å². The molecule has 0 atom stereocenters. The highest BCUT2D eigenvalue weighted by atomic mass is 16.3. The SMILES string of the molecule is c1cc2oc1CNCCNCc1ccc(o1)CNCCNC2. The Kier molecular flexibility index (Phi) is 5.66. The summed E-state index contributed by atoms with van der Waals surface area (Å²) in [6.45, 7) is 6.60. The van der Waals surface area contributed by atoms with Gasteiger partial charge in [0.15, 0.2) is 0 Å². The van der Waals surface area contributed by atoms with Gasteiger partial charge in [-0.15, -0.1) is 0 Å². The molecular weight excluding hydrogens is 280 g/mol. The lowest BCUT2D eigenvalue weighted by Gasteiger charge is -2.06. The third-order valence-electron chi connectivity index (χ3n) is 3.59. The maximum atomic E-state index is 5.77. The maximum absolute atomic E-state index is 5.77. The third-order valence-corrected chi connectivity index (χ3v) is 3.59. The number of nitrogens with one attached hydrogen (secondary N) is 4.